The summed E-state index contributed by atoms with van der Waals surface area (Å²) in [4.78, 5) is 0. The van der Waals surface area contributed by atoms with E-state index in [0.29, 0.717) is 5.02 Å². The molecule has 0 saturated heterocycles. The zero-order valence-corrected chi connectivity index (χ0v) is 44.7. The Hall–Kier alpha value is -8.82. The number of halogens is 2. The first-order chi connectivity index (χ1) is 38.9. The smallest absolute Gasteiger partial charge is 0.141 e. The van der Waals surface area contributed by atoms with E-state index in [1.807, 2.05) is 54.6 Å². The van der Waals surface area contributed by atoms with Crippen molar-refractivity contribution in [2.24, 2.45) is 0 Å². The van der Waals surface area contributed by atoms with Gasteiger partial charge in [-0.1, -0.05) is 308 Å². The van der Waals surface area contributed by atoms with E-state index < -0.39 is 21.8 Å². The van der Waals surface area contributed by atoms with E-state index >= 15 is 0 Å². The summed E-state index contributed by atoms with van der Waals surface area (Å²) in [6.45, 7) is 0. The fraction of sp³-hybridized carbons (Fsp3) is 0.0526. The molecule has 0 aliphatic heterocycles. The van der Waals surface area contributed by atoms with Crippen LogP contribution in [0.4, 0.5) is 0 Å². The summed E-state index contributed by atoms with van der Waals surface area (Å²) in [5.41, 5.74) is 18.9. The van der Waals surface area contributed by atoms with E-state index in [2.05, 4.69) is 255 Å². The van der Waals surface area contributed by atoms with Gasteiger partial charge in [0.05, 0.1) is 16.2 Å². The standard InChI is InChI=1S/C38H27ClO.C38H25Cl/c39-30-19-13-14-27(26-30)31-20-7-8-21-32(31)38(40)35-24-11-9-22-33(35)37(28-15-3-1-4-16-28,29-17-5-2-6-18-29)34-23-10-12-25-36(34)38;39-28-23-24-32-30(25-28)29-17-7-8-18-31(29)38(32)35-21-11-9-19-33(35)37(26-13-3-1-4-14-26,27-15-5-2-6-16-27)34-20-10-12-22-36(34)38/h1-26,40H;1-25H. The van der Waals surface area contributed by atoms with Crippen LogP contribution in [-0.4, -0.2) is 5.11 Å². The van der Waals surface area contributed by atoms with Crippen molar-refractivity contribution in [1.29, 1.82) is 0 Å². The molecule has 3 aliphatic rings. The van der Waals surface area contributed by atoms with Crippen LogP contribution < -0.4 is 0 Å². The Morgan fingerprint density at radius 1 is 0.215 bits per heavy atom. The van der Waals surface area contributed by atoms with E-state index in [1.165, 1.54) is 55.6 Å². The highest BCUT2D eigenvalue weighted by molar-refractivity contribution is 6.31. The fourth-order valence-electron chi connectivity index (χ4n) is 14.3. The average molecular weight is 1050 g/mol. The fourth-order valence-corrected chi connectivity index (χ4v) is 14.6. The zero-order valence-electron chi connectivity index (χ0n) is 43.1. The first kappa shape index (κ1) is 48.5. The summed E-state index contributed by atoms with van der Waals surface area (Å²) in [6, 6.07) is 110. The summed E-state index contributed by atoms with van der Waals surface area (Å²) in [7, 11) is 0. The Labute approximate surface area is 472 Å². The summed E-state index contributed by atoms with van der Waals surface area (Å²) < 4.78 is 0. The number of hydrogen-bond donors (Lipinski definition) is 1. The highest BCUT2D eigenvalue weighted by Crippen LogP contribution is 2.65. The molecule has 0 atom stereocenters. The summed E-state index contributed by atoms with van der Waals surface area (Å²) in [5.74, 6) is 0. The molecule has 0 radical (unpaired) electrons. The minimum Gasteiger partial charge on any atom is -0.376 e. The van der Waals surface area contributed by atoms with Crippen molar-refractivity contribution >= 4 is 23.2 Å². The SMILES string of the molecule is Clc1ccc2c(c1)-c1ccccc1C21c2ccccc2C(c2ccccc2)(c2ccccc2)c2ccccc21.OC1(c2ccccc2-c2cccc(Cl)c2)c2ccccc2C(c2ccccc2)(c2ccccc2)c2ccccc21. The van der Waals surface area contributed by atoms with E-state index in [9.17, 15) is 5.11 Å². The predicted molar refractivity (Wildman–Crippen MR) is 324 cm³/mol. The monoisotopic (exact) mass is 1050 g/mol. The summed E-state index contributed by atoms with van der Waals surface area (Å²) in [6.07, 6.45) is 0. The lowest BCUT2D eigenvalue weighted by Gasteiger charge is -2.50. The maximum atomic E-state index is 13.3. The molecule has 3 heteroatoms. The quantitative estimate of drug-likeness (QED) is 0.176. The van der Waals surface area contributed by atoms with Gasteiger partial charge in [0.25, 0.3) is 0 Å². The molecule has 1 N–H and O–H groups in total. The lowest BCUT2D eigenvalue weighted by molar-refractivity contribution is 0.119. The Morgan fingerprint density at radius 2 is 0.532 bits per heavy atom. The molecule has 376 valence electrons. The zero-order chi connectivity index (χ0) is 53.2. The van der Waals surface area contributed by atoms with Crippen LogP contribution in [0, 0.1) is 0 Å². The minimum absolute atomic E-state index is 0.448. The highest BCUT2D eigenvalue weighted by atomic mass is 35.5. The van der Waals surface area contributed by atoms with Gasteiger partial charge in [0.15, 0.2) is 0 Å². The molecule has 0 unspecified atom stereocenters. The molecule has 3 aliphatic carbocycles. The second kappa shape index (κ2) is 19.3. The first-order valence-electron chi connectivity index (χ1n) is 27.0. The molecule has 0 saturated carbocycles. The third-order valence-electron chi connectivity index (χ3n) is 17.2. The van der Waals surface area contributed by atoms with E-state index in [1.54, 1.807) is 0 Å². The molecule has 0 fully saturated rings. The van der Waals surface area contributed by atoms with Crippen LogP contribution in [0.25, 0.3) is 22.3 Å². The van der Waals surface area contributed by atoms with Crippen molar-refractivity contribution in [1.82, 2.24) is 0 Å². The molecule has 79 heavy (non-hydrogen) atoms. The lowest BCUT2D eigenvalue weighted by Crippen LogP contribution is -2.45. The number of rotatable bonds is 6. The van der Waals surface area contributed by atoms with Crippen molar-refractivity contribution in [2.75, 3.05) is 0 Å². The van der Waals surface area contributed by atoms with Crippen LogP contribution in [0.1, 0.15) is 83.5 Å². The minimum atomic E-state index is -1.40. The predicted octanol–water partition coefficient (Wildman–Crippen LogP) is 18.4. The van der Waals surface area contributed by atoms with Crippen molar-refractivity contribution < 1.29 is 5.11 Å². The number of benzene rings is 12. The van der Waals surface area contributed by atoms with E-state index in [0.717, 1.165) is 55.1 Å². The van der Waals surface area contributed by atoms with Gasteiger partial charge in [0, 0.05) is 15.6 Å². The third kappa shape index (κ3) is 7.07. The molecule has 1 nitrogen and oxygen atoms in total. The average Bonchev–Trinajstić information content (AvgIpc) is 3.78. The van der Waals surface area contributed by atoms with Crippen molar-refractivity contribution in [3.8, 4) is 22.3 Å². The maximum absolute atomic E-state index is 13.3. The molecule has 1 spiro atoms. The molecular formula is C76H52Cl2O. The number of aliphatic hydroxyl groups is 1. The molecule has 0 aromatic heterocycles. The number of fused-ring (bicyclic) bond motifs is 11. The first-order valence-corrected chi connectivity index (χ1v) is 27.8. The normalized spacial score (nSPS) is 14.9. The van der Waals surface area contributed by atoms with Crippen LogP contribution in [0.3, 0.4) is 0 Å². The van der Waals surface area contributed by atoms with Crippen molar-refractivity contribution in [2.45, 2.75) is 21.8 Å². The Balaban J connectivity index is 0.000000143. The van der Waals surface area contributed by atoms with Gasteiger partial charge < -0.3 is 5.11 Å². The molecule has 0 amide bonds. The van der Waals surface area contributed by atoms with Crippen LogP contribution >= 0.6 is 23.2 Å². The summed E-state index contributed by atoms with van der Waals surface area (Å²) in [5, 5.41) is 14.7. The van der Waals surface area contributed by atoms with Gasteiger partial charge in [-0.05, 0) is 124 Å². The third-order valence-corrected chi connectivity index (χ3v) is 17.7. The van der Waals surface area contributed by atoms with Crippen LogP contribution in [0.5, 0.6) is 0 Å². The summed E-state index contributed by atoms with van der Waals surface area (Å²) >= 11 is 13.1. The van der Waals surface area contributed by atoms with Crippen LogP contribution in [0.2, 0.25) is 10.0 Å². The van der Waals surface area contributed by atoms with Gasteiger partial charge in [-0.25, -0.2) is 0 Å². The molecule has 12 aromatic rings. The molecule has 15 rings (SSSR count). The largest absolute Gasteiger partial charge is 0.376 e. The second-order valence-electron chi connectivity index (χ2n) is 20.9. The van der Waals surface area contributed by atoms with Gasteiger partial charge in [0.1, 0.15) is 5.60 Å². The topological polar surface area (TPSA) is 20.2 Å². The molecular weight excluding hydrogens is 1000 g/mol. The second-order valence-corrected chi connectivity index (χ2v) is 21.8. The maximum Gasteiger partial charge on any atom is 0.141 e. The molecule has 12 aromatic carbocycles. The van der Waals surface area contributed by atoms with E-state index in [4.69, 9.17) is 23.2 Å². The van der Waals surface area contributed by atoms with Gasteiger partial charge in [0.2, 0.25) is 0 Å². The molecule has 0 heterocycles. The highest BCUT2D eigenvalue weighted by Gasteiger charge is 2.57. The van der Waals surface area contributed by atoms with Gasteiger partial charge >= 0.3 is 0 Å². The van der Waals surface area contributed by atoms with Gasteiger partial charge in [-0.15, -0.1) is 0 Å². The van der Waals surface area contributed by atoms with Crippen LogP contribution in [0.15, 0.2) is 309 Å². The lowest BCUT2D eigenvalue weighted by atomic mass is 9.51. The van der Waals surface area contributed by atoms with Crippen molar-refractivity contribution in [3.63, 3.8) is 0 Å². The van der Waals surface area contributed by atoms with E-state index in [-0.39, 0.29) is 0 Å². The Kier molecular flexibility index (Phi) is 11.8. The Bertz CT molecular complexity index is 4070. The van der Waals surface area contributed by atoms with Gasteiger partial charge in [-0.3, -0.25) is 0 Å². The molecule has 0 bridgehead atoms. The van der Waals surface area contributed by atoms with Gasteiger partial charge in [-0.2, -0.15) is 0 Å². The van der Waals surface area contributed by atoms with Crippen molar-refractivity contribution in [3.05, 3.63) is 403 Å². The Morgan fingerprint density at radius 3 is 0.962 bits per heavy atom. The van der Waals surface area contributed by atoms with Crippen LogP contribution in [-0.2, 0) is 21.8 Å². The number of hydrogen-bond acceptors (Lipinski definition) is 1.